The Morgan fingerprint density at radius 1 is 1.21 bits per heavy atom. The minimum absolute atomic E-state index is 0.116. The van der Waals surface area contributed by atoms with Gasteiger partial charge in [-0.1, -0.05) is 18.6 Å². The molecule has 1 heterocycles. The van der Waals surface area contributed by atoms with E-state index in [4.69, 9.17) is 22.1 Å². The Hall–Kier alpha value is -2.97. The summed E-state index contributed by atoms with van der Waals surface area (Å²) in [6.45, 7) is 1.87. The van der Waals surface area contributed by atoms with E-state index in [1.165, 1.54) is 12.1 Å². The van der Waals surface area contributed by atoms with E-state index in [1.807, 2.05) is 19.1 Å². The number of aryl methyl sites for hydroxylation is 1. The number of carbonyl (C=O) groups excluding carboxylic acids is 1. The monoisotopic (exact) mass is 500 g/mol. The van der Waals surface area contributed by atoms with Gasteiger partial charge in [0.15, 0.2) is 5.17 Å². The van der Waals surface area contributed by atoms with Crippen LogP contribution in [0.2, 0.25) is 0 Å². The predicted octanol–water partition coefficient (Wildman–Crippen LogP) is 6.00. The first-order valence-corrected chi connectivity index (χ1v) is 12.1. The molecule has 2 aromatic carbocycles. The Morgan fingerprint density at radius 2 is 1.97 bits per heavy atom. The lowest BCUT2D eigenvalue weighted by Crippen LogP contribution is -2.16. The molecule has 3 rings (SSSR count). The highest BCUT2D eigenvalue weighted by molar-refractivity contribution is 8.26. The van der Waals surface area contributed by atoms with Crippen molar-refractivity contribution in [3.05, 3.63) is 71.8 Å². The molecule has 0 bridgehead atoms. The Morgan fingerprint density at radius 3 is 2.65 bits per heavy atom. The number of hydrogen-bond donors (Lipinski definition) is 1. The zero-order chi connectivity index (χ0) is 24.5. The van der Waals surface area contributed by atoms with Gasteiger partial charge in [-0.2, -0.15) is 10.2 Å². The number of nitrogens with two attached hydrogens (primary N) is 1. The van der Waals surface area contributed by atoms with Gasteiger partial charge in [0.05, 0.1) is 30.6 Å². The van der Waals surface area contributed by atoms with Crippen LogP contribution in [0.3, 0.4) is 0 Å². The first-order valence-electron chi connectivity index (χ1n) is 10.8. The third-order valence-corrected chi connectivity index (χ3v) is 6.20. The fourth-order valence-corrected chi connectivity index (χ4v) is 4.43. The van der Waals surface area contributed by atoms with Gasteiger partial charge >= 0.3 is 0 Å². The lowest BCUT2D eigenvalue weighted by molar-refractivity contribution is -0.112. The van der Waals surface area contributed by atoms with Crippen molar-refractivity contribution in [2.75, 3.05) is 13.0 Å². The summed E-state index contributed by atoms with van der Waals surface area (Å²) in [5.41, 5.74) is 9.92. The molecule has 2 N–H and O–H groups in total. The van der Waals surface area contributed by atoms with Crippen molar-refractivity contribution < 1.29 is 13.9 Å². The molecule has 0 fully saturated rings. The SMILES string of the molecule is COc1cc(N=C(N)SC(=O)C(CCCCCl)c2ccc(F)cc2)ccc1-c1cnnc(C)c1. The van der Waals surface area contributed by atoms with Gasteiger partial charge in [0.1, 0.15) is 11.6 Å². The molecule has 1 aromatic heterocycles. The van der Waals surface area contributed by atoms with Crippen LogP contribution in [0.15, 0.2) is 59.7 Å². The number of aromatic nitrogens is 2. The molecule has 34 heavy (non-hydrogen) atoms. The standard InChI is InChI=1S/C25H26ClFN4O2S/c1-16-13-18(15-29-31-16)21-11-10-20(14-23(21)33-2)30-25(28)34-24(32)22(5-3-4-12-26)17-6-8-19(27)9-7-17/h6-11,13-15,22H,3-5,12H2,1-2H3,(H2,28,30). The largest absolute Gasteiger partial charge is 0.496 e. The Balaban J connectivity index is 1.78. The molecule has 1 atom stereocenters. The van der Waals surface area contributed by atoms with Crippen LogP contribution in [0.5, 0.6) is 5.75 Å². The van der Waals surface area contributed by atoms with Crippen molar-refractivity contribution >= 4 is 39.3 Å². The van der Waals surface area contributed by atoms with E-state index in [9.17, 15) is 9.18 Å². The Labute approximate surface area is 207 Å². The number of hydrogen-bond acceptors (Lipinski definition) is 6. The van der Waals surface area contributed by atoms with E-state index < -0.39 is 5.92 Å². The normalized spacial score (nSPS) is 12.4. The molecule has 0 radical (unpaired) electrons. The maximum atomic E-state index is 13.4. The van der Waals surface area contributed by atoms with Crippen LogP contribution >= 0.6 is 23.4 Å². The number of benzene rings is 2. The average Bonchev–Trinajstić information content (AvgIpc) is 2.82. The molecule has 0 aliphatic heterocycles. The van der Waals surface area contributed by atoms with E-state index in [1.54, 1.807) is 37.6 Å². The van der Waals surface area contributed by atoms with Crippen LogP contribution < -0.4 is 10.5 Å². The summed E-state index contributed by atoms with van der Waals surface area (Å²) in [6, 6.07) is 13.3. The third kappa shape index (κ3) is 7.01. The van der Waals surface area contributed by atoms with Crippen molar-refractivity contribution in [3.8, 4) is 16.9 Å². The molecular weight excluding hydrogens is 475 g/mol. The lowest BCUT2D eigenvalue weighted by Gasteiger charge is -2.15. The number of nitrogens with zero attached hydrogens (tertiary/aromatic N) is 3. The molecule has 0 saturated carbocycles. The smallest absolute Gasteiger partial charge is 0.204 e. The molecular formula is C25H26ClFN4O2S. The van der Waals surface area contributed by atoms with Gasteiger partial charge in [-0.3, -0.25) is 4.79 Å². The number of halogens is 2. The molecule has 1 unspecified atom stereocenters. The maximum Gasteiger partial charge on any atom is 0.204 e. The molecule has 0 saturated heterocycles. The summed E-state index contributed by atoms with van der Waals surface area (Å²) < 4.78 is 18.9. The summed E-state index contributed by atoms with van der Waals surface area (Å²) in [4.78, 5) is 17.4. The minimum Gasteiger partial charge on any atom is -0.496 e. The summed E-state index contributed by atoms with van der Waals surface area (Å²) >= 11 is 6.67. The molecule has 0 aliphatic rings. The second kappa shape index (κ2) is 12.5. The molecule has 0 spiro atoms. The number of amidine groups is 1. The first kappa shape index (κ1) is 25.6. The Kier molecular flexibility index (Phi) is 9.42. The zero-order valence-electron chi connectivity index (χ0n) is 19.0. The number of unbranched alkanes of at least 4 members (excludes halogenated alkanes) is 1. The van der Waals surface area contributed by atoms with Crippen LogP contribution in [0.1, 0.15) is 36.4 Å². The van der Waals surface area contributed by atoms with Gasteiger partial charge in [-0.15, -0.1) is 11.6 Å². The second-order valence-corrected chi connectivity index (χ2v) is 9.03. The predicted molar refractivity (Wildman–Crippen MR) is 136 cm³/mol. The fourth-order valence-electron chi connectivity index (χ4n) is 3.49. The van der Waals surface area contributed by atoms with E-state index in [2.05, 4.69) is 15.2 Å². The Bertz CT molecular complexity index is 1160. The first-order chi connectivity index (χ1) is 16.4. The fraction of sp³-hybridized carbons (Fsp3) is 0.280. The lowest BCUT2D eigenvalue weighted by atomic mass is 9.95. The summed E-state index contributed by atoms with van der Waals surface area (Å²) in [6.07, 6.45) is 3.83. The van der Waals surface area contributed by atoms with Crippen LogP contribution in [0.4, 0.5) is 10.1 Å². The number of thioether (sulfide) groups is 1. The topological polar surface area (TPSA) is 90.5 Å². The molecule has 3 aromatic rings. The van der Waals surface area contributed by atoms with E-state index in [0.717, 1.165) is 47.0 Å². The number of methoxy groups -OCH3 is 1. The molecule has 9 heteroatoms. The average molecular weight is 501 g/mol. The molecule has 0 amide bonds. The third-order valence-electron chi connectivity index (χ3n) is 5.15. The number of carbonyl (C=O) groups is 1. The molecule has 178 valence electrons. The van der Waals surface area contributed by atoms with Crippen LogP contribution in [0.25, 0.3) is 11.1 Å². The van der Waals surface area contributed by atoms with Gasteiger partial charge in [0, 0.05) is 23.1 Å². The van der Waals surface area contributed by atoms with Crippen molar-refractivity contribution in [2.45, 2.75) is 32.1 Å². The highest BCUT2D eigenvalue weighted by atomic mass is 35.5. The van der Waals surface area contributed by atoms with E-state index >= 15 is 0 Å². The molecule has 6 nitrogen and oxygen atoms in total. The molecule has 0 aliphatic carbocycles. The van der Waals surface area contributed by atoms with Gasteiger partial charge < -0.3 is 10.5 Å². The van der Waals surface area contributed by atoms with E-state index in [0.29, 0.717) is 23.7 Å². The number of aliphatic imine (C=N–C) groups is 1. The highest BCUT2D eigenvalue weighted by Crippen LogP contribution is 2.34. The highest BCUT2D eigenvalue weighted by Gasteiger charge is 2.22. The van der Waals surface area contributed by atoms with E-state index in [-0.39, 0.29) is 16.1 Å². The van der Waals surface area contributed by atoms with Crippen LogP contribution in [-0.2, 0) is 4.79 Å². The van der Waals surface area contributed by atoms with Crippen LogP contribution in [0, 0.1) is 12.7 Å². The number of ether oxygens (including phenoxy) is 1. The van der Waals surface area contributed by atoms with Crippen molar-refractivity contribution in [1.82, 2.24) is 10.2 Å². The summed E-state index contributed by atoms with van der Waals surface area (Å²) in [5.74, 6) is 0.345. The van der Waals surface area contributed by atoms with Gasteiger partial charge in [0.25, 0.3) is 0 Å². The number of rotatable bonds is 9. The number of alkyl halides is 1. The van der Waals surface area contributed by atoms with Crippen molar-refractivity contribution in [1.29, 1.82) is 0 Å². The van der Waals surface area contributed by atoms with Gasteiger partial charge in [-0.05, 0) is 67.4 Å². The zero-order valence-corrected chi connectivity index (χ0v) is 20.6. The summed E-state index contributed by atoms with van der Waals surface area (Å²) in [5, 5.41) is 7.94. The maximum absolute atomic E-state index is 13.4. The minimum atomic E-state index is -0.429. The van der Waals surface area contributed by atoms with Crippen molar-refractivity contribution in [3.63, 3.8) is 0 Å². The van der Waals surface area contributed by atoms with Crippen molar-refractivity contribution in [2.24, 2.45) is 10.7 Å². The van der Waals surface area contributed by atoms with Gasteiger partial charge in [0.2, 0.25) is 5.12 Å². The quantitative estimate of drug-likeness (QED) is 0.168. The summed E-state index contributed by atoms with van der Waals surface area (Å²) in [7, 11) is 1.57. The van der Waals surface area contributed by atoms with Gasteiger partial charge in [-0.25, -0.2) is 9.38 Å². The second-order valence-electron chi connectivity index (χ2n) is 7.63. The van der Waals surface area contributed by atoms with Crippen LogP contribution in [-0.4, -0.2) is 33.5 Å².